The highest BCUT2D eigenvalue weighted by molar-refractivity contribution is 6.02. The van der Waals surface area contributed by atoms with Gasteiger partial charge in [-0.25, -0.2) is 4.79 Å². The lowest BCUT2D eigenvalue weighted by Crippen LogP contribution is -2.60. The molecule has 2 aliphatic heterocycles. The number of hydrogen-bond acceptors (Lipinski definition) is 4. The monoisotopic (exact) mass is 249 g/mol. The van der Waals surface area contributed by atoms with E-state index in [1.807, 2.05) is 19.1 Å². The first-order valence-corrected chi connectivity index (χ1v) is 6.01. The maximum Gasteiger partial charge on any atom is 0.324 e. The van der Waals surface area contributed by atoms with Crippen molar-refractivity contribution in [1.82, 2.24) is 15.1 Å². The van der Waals surface area contributed by atoms with Gasteiger partial charge in [-0.2, -0.15) is 0 Å². The second-order valence-electron chi connectivity index (χ2n) is 4.78. The molecule has 0 bridgehead atoms. The number of aryl methyl sites for hydroxylation is 1. The van der Waals surface area contributed by atoms with E-state index in [-0.39, 0.29) is 24.5 Å². The molecule has 3 rings (SSSR count). The fraction of sp³-hybridized carbons (Fsp3) is 0.500. The maximum atomic E-state index is 11.5. The summed E-state index contributed by atoms with van der Waals surface area (Å²) in [6.07, 6.45) is 0. The molecular weight excluding hydrogens is 234 g/mol. The van der Waals surface area contributed by atoms with Crippen LogP contribution in [0.5, 0.6) is 0 Å². The van der Waals surface area contributed by atoms with Crippen molar-refractivity contribution in [3.05, 3.63) is 23.7 Å². The summed E-state index contributed by atoms with van der Waals surface area (Å²) in [4.78, 5) is 26.4. The Morgan fingerprint density at radius 2 is 2.17 bits per heavy atom. The highest BCUT2D eigenvalue weighted by atomic mass is 16.3. The number of carbonyl (C=O) groups excluding carboxylic acids is 2. The highest BCUT2D eigenvalue weighted by Crippen LogP contribution is 2.20. The SMILES string of the molecule is Cc1ccc(CN2CC(N3C(=O)CNC3=O)C2)o1. The van der Waals surface area contributed by atoms with Crippen LogP contribution in [0.1, 0.15) is 11.5 Å². The van der Waals surface area contributed by atoms with Gasteiger partial charge in [-0.05, 0) is 19.1 Å². The van der Waals surface area contributed by atoms with Crippen molar-refractivity contribution in [2.24, 2.45) is 0 Å². The first-order valence-electron chi connectivity index (χ1n) is 6.01. The summed E-state index contributed by atoms with van der Waals surface area (Å²) in [7, 11) is 0. The van der Waals surface area contributed by atoms with Crippen molar-refractivity contribution in [2.75, 3.05) is 19.6 Å². The van der Waals surface area contributed by atoms with E-state index in [2.05, 4.69) is 10.2 Å². The first-order chi connectivity index (χ1) is 8.63. The number of imide groups is 1. The molecule has 3 heterocycles. The van der Waals surface area contributed by atoms with E-state index in [1.165, 1.54) is 4.90 Å². The summed E-state index contributed by atoms with van der Waals surface area (Å²) in [5.74, 6) is 1.69. The zero-order valence-corrected chi connectivity index (χ0v) is 10.2. The standard InChI is InChI=1S/C12H15N3O3/c1-8-2-3-10(18-8)7-14-5-9(6-14)15-11(16)4-13-12(15)17/h2-3,9H,4-7H2,1H3,(H,13,17). The molecular formula is C12H15N3O3. The van der Waals surface area contributed by atoms with Crippen LogP contribution in [-0.2, 0) is 11.3 Å². The molecule has 1 aromatic heterocycles. The van der Waals surface area contributed by atoms with Crippen molar-refractivity contribution in [2.45, 2.75) is 19.5 Å². The maximum absolute atomic E-state index is 11.5. The molecule has 6 heteroatoms. The lowest BCUT2D eigenvalue weighted by atomic mass is 10.1. The van der Waals surface area contributed by atoms with Crippen molar-refractivity contribution in [1.29, 1.82) is 0 Å². The molecule has 0 radical (unpaired) electrons. The fourth-order valence-corrected chi connectivity index (χ4v) is 2.43. The lowest BCUT2D eigenvalue weighted by molar-refractivity contribution is -0.129. The molecule has 0 aliphatic carbocycles. The van der Waals surface area contributed by atoms with Crippen molar-refractivity contribution in [3.63, 3.8) is 0 Å². The summed E-state index contributed by atoms with van der Waals surface area (Å²) in [6.45, 7) is 4.22. The topological polar surface area (TPSA) is 65.8 Å². The number of nitrogens with one attached hydrogen (secondary N) is 1. The highest BCUT2D eigenvalue weighted by Gasteiger charge is 2.41. The van der Waals surface area contributed by atoms with Gasteiger partial charge in [-0.15, -0.1) is 0 Å². The van der Waals surface area contributed by atoms with Gasteiger partial charge in [0.1, 0.15) is 11.5 Å². The van der Waals surface area contributed by atoms with Gasteiger partial charge in [0.2, 0.25) is 5.91 Å². The van der Waals surface area contributed by atoms with Crippen molar-refractivity contribution >= 4 is 11.9 Å². The van der Waals surface area contributed by atoms with Crippen LogP contribution >= 0.6 is 0 Å². The van der Waals surface area contributed by atoms with Crippen LogP contribution in [0.25, 0.3) is 0 Å². The molecule has 2 fully saturated rings. The summed E-state index contributed by atoms with van der Waals surface area (Å²) in [6, 6.07) is 3.63. The molecule has 6 nitrogen and oxygen atoms in total. The summed E-state index contributed by atoms with van der Waals surface area (Å²) in [5, 5.41) is 2.54. The molecule has 3 amide bonds. The van der Waals surface area contributed by atoms with E-state index < -0.39 is 0 Å². The van der Waals surface area contributed by atoms with Crippen LogP contribution in [0.15, 0.2) is 16.5 Å². The predicted octanol–water partition coefficient (Wildman–Crippen LogP) is 0.324. The molecule has 0 aromatic carbocycles. The summed E-state index contributed by atoms with van der Waals surface area (Å²) < 4.78 is 5.49. The molecule has 0 spiro atoms. The average molecular weight is 249 g/mol. The Morgan fingerprint density at radius 1 is 1.39 bits per heavy atom. The Hall–Kier alpha value is -1.82. The number of likely N-dealkylation sites (tertiary alicyclic amines) is 1. The zero-order chi connectivity index (χ0) is 12.7. The quantitative estimate of drug-likeness (QED) is 0.784. The molecule has 0 atom stereocenters. The van der Waals surface area contributed by atoms with Gasteiger partial charge in [0.25, 0.3) is 0 Å². The van der Waals surface area contributed by atoms with Crippen LogP contribution in [-0.4, -0.2) is 47.4 Å². The van der Waals surface area contributed by atoms with Crippen molar-refractivity contribution in [3.8, 4) is 0 Å². The molecule has 2 saturated heterocycles. The molecule has 0 saturated carbocycles. The Kier molecular flexibility index (Phi) is 2.59. The van der Waals surface area contributed by atoms with Crippen LogP contribution < -0.4 is 5.32 Å². The molecule has 96 valence electrons. The fourth-order valence-electron chi connectivity index (χ4n) is 2.43. The molecule has 1 aromatic rings. The molecule has 2 aliphatic rings. The number of carbonyl (C=O) groups is 2. The van der Waals surface area contributed by atoms with E-state index in [1.54, 1.807) is 0 Å². The van der Waals surface area contributed by atoms with Crippen LogP contribution in [0.4, 0.5) is 4.79 Å². The number of amides is 3. The third-order valence-corrected chi connectivity index (χ3v) is 3.36. The third kappa shape index (κ3) is 1.88. The van der Waals surface area contributed by atoms with Gasteiger partial charge in [-0.1, -0.05) is 0 Å². The minimum absolute atomic E-state index is 0.0102. The predicted molar refractivity (Wildman–Crippen MR) is 62.8 cm³/mol. The Balaban J connectivity index is 1.54. The number of furan rings is 1. The molecule has 18 heavy (non-hydrogen) atoms. The number of nitrogens with zero attached hydrogens (tertiary/aromatic N) is 2. The third-order valence-electron chi connectivity index (χ3n) is 3.36. The Labute approximate surface area is 105 Å². The number of rotatable bonds is 3. The molecule has 1 N–H and O–H groups in total. The second kappa shape index (κ2) is 4.13. The van der Waals surface area contributed by atoms with E-state index in [9.17, 15) is 9.59 Å². The summed E-state index contributed by atoms with van der Waals surface area (Å²) >= 11 is 0. The van der Waals surface area contributed by atoms with Crippen molar-refractivity contribution < 1.29 is 14.0 Å². The second-order valence-corrected chi connectivity index (χ2v) is 4.78. The largest absolute Gasteiger partial charge is 0.465 e. The van der Waals surface area contributed by atoms with Gasteiger partial charge >= 0.3 is 6.03 Å². The van der Waals surface area contributed by atoms with Crippen LogP contribution in [0, 0.1) is 6.92 Å². The normalized spacial score (nSPS) is 21.3. The van der Waals surface area contributed by atoms with Gasteiger partial charge in [-0.3, -0.25) is 14.6 Å². The van der Waals surface area contributed by atoms with E-state index in [0.717, 1.165) is 31.2 Å². The van der Waals surface area contributed by atoms with Gasteiger partial charge in [0.15, 0.2) is 0 Å². The van der Waals surface area contributed by atoms with Crippen LogP contribution in [0.3, 0.4) is 0 Å². The smallest absolute Gasteiger partial charge is 0.324 e. The van der Waals surface area contributed by atoms with E-state index in [0.29, 0.717) is 0 Å². The zero-order valence-electron chi connectivity index (χ0n) is 10.2. The summed E-state index contributed by atoms with van der Waals surface area (Å²) in [5.41, 5.74) is 0. The first kappa shape index (κ1) is 11.3. The van der Waals surface area contributed by atoms with E-state index in [4.69, 9.17) is 4.42 Å². The molecule has 0 unspecified atom stereocenters. The Bertz CT molecular complexity index is 475. The van der Waals surface area contributed by atoms with Crippen LogP contribution in [0.2, 0.25) is 0 Å². The average Bonchev–Trinajstić information content (AvgIpc) is 2.81. The lowest BCUT2D eigenvalue weighted by Gasteiger charge is -2.42. The number of hydrogen-bond donors (Lipinski definition) is 1. The minimum atomic E-state index is -0.265. The van der Waals surface area contributed by atoms with Gasteiger partial charge < -0.3 is 9.73 Å². The van der Waals surface area contributed by atoms with E-state index >= 15 is 0 Å². The number of urea groups is 1. The van der Waals surface area contributed by atoms with Gasteiger partial charge in [0, 0.05) is 13.1 Å². The Morgan fingerprint density at radius 3 is 2.72 bits per heavy atom. The minimum Gasteiger partial charge on any atom is -0.465 e. The van der Waals surface area contributed by atoms with Gasteiger partial charge in [0.05, 0.1) is 19.1 Å².